The predicted octanol–water partition coefficient (Wildman–Crippen LogP) is 5.82. The van der Waals surface area contributed by atoms with Crippen LogP contribution in [0.1, 0.15) is 57.1 Å². The highest BCUT2D eigenvalue weighted by molar-refractivity contribution is 6.34. The van der Waals surface area contributed by atoms with Crippen molar-refractivity contribution >= 4 is 29.1 Å². The number of carbonyl (C=O) groups excluding carboxylic acids is 2. The number of amides is 2. The molecule has 0 bridgehead atoms. The maximum Gasteiger partial charge on any atom is 0.416 e. The second kappa shape index (κ2) is 10.1. The fraction of sp³-hybridized carbons (Fsp3) is 0.280. The molecule has 3 aromatic rings. The van der Waals surface area contributed by atoms with Crippen molar-refractivity contribution < 1.29 is 27.5 Å². The van der Waals surface area contributed by atoms with E-state index in [4.69, 9.17) is 16.3 Å². The highest BCUT2D eigenvalue weighted by Gasteiger charge is 2.32. The molecule has 1 aliphatic rings. The molecule has 4 rings (SSSR count). The average Bonchev–Trinajstić information content (AvgIpc) is 3.23. The molecule has 2 amide bonds. The van der Waals surface area contributed by atoms with Gasteiger partial charge in [-0.1, -0.05) is 48.9 Å². The summed E-state index contributed by atoms with van der Waals surface area (Å²) in [7, 11) is 0. The summed E-state index contributed by atoms with van der Waals surface area (Å²) in [5.41, 5.74) is 0.716. The highest BCUT2D eigenvalue weighted by Crippen LogP contribution is 2.34. The van der Waals surface area contributed by atoms with E-state index in [9.17, 15) is 22.8 Å². The fourth-order valence-corrected chi connectivity index (χ4v) is 4.20. The monoisotopic (exact) mass is 505 g/mol. The first-order valence-corrected chi connectivity index (χ1v) is 11.4. The van der Waals surface area contributed by atoms with Crippen molar-refractivity contribution in [2.75, 3.05) is 11.9 Å². The van der Waals surface area contributed by atoms with Crippen LogP contribution in [-0.2, 0) is 24.1 Å². The first-order valence-electron chi connectivity index (χ1n) is 11.0. The summed E-state index contributed by atoms with van der Waals surface area (Å²) >= 11 is 6.03. The Kier molecular flexibility index (Phi) is 7.18. The first-order chi connectivity index (χ1) is 16.7. The van der Waals surface area contributed by atoms with Crippen LogP contribution in [0.25, 0.3) is 0 Å². The predicted molar refractivity (Wildman–Crippen MR) is 125 cm³/mol. The molecule has 1 atom stereocenters. The Hall–Kier alpha value is -3.30. The molecule has 2 N–H and O–H groups in total. The summed E-state index contributed by atoms with van der Waals surface area (Å²) in [5, 5.41) is 5.41. The second-order valence-corrected chi connectivity index (χ2v) is 8.49. The molecule has 184 valence electrons. The quantitative estimate of drug-likeness (QED) is 0.443. The van der Waals surface area contributed by atoms with Gasteiger partial charge in [0.15, 0.2) is 0 Å². The molecule has 0 aliphatic carbocycles. The molecule has 10 heteroatoms. The lowest BCUT2D eigenvalue weighted by molar-refractivity contribution is -0.137. The van der Waals surface area contributed by atoms with Gasteiger partial charge in [-0.25, -0.2) is 0 Å². The lowest BCUT2D eigenvalue weighted by Gasteiger charge is -2.21. The summed E-state index contributed by atoms with van der Waals surface area (Å²) in [6.45, 7) is 2.76. The Balaban J connectivity index is 1.62. The normalized spacial score (nSPS) is 14.2. The van der Waals surface area contributed by atoms with Crippen LogP contribution in [0.4, 0.5) is 18.9 Å². The van der Waals surface area contributed by atoms with E-state index in [1.807, 2.05) is 37.3 Å². The van der Waals surface area contributed by atoms with Gasteiger partial charge in [-0.05, 0) is 36.2 Å². The molecule has 0 unspecified atom stereocenters. The standard InChI is InChI=1S/C25H23ClF3N3O3/c1-2-19(15-6-4-3-5-7-15)30-24(34)21-13-17(22-14-35-11-10-32(21)22)23(33)31-20-12-16(25(27,28)29)8-9-18(20)26/h3-9,12-13,19H,2,10-11,14H2,1H3,(H,30,34)(H,31,33)/t19-/m1/s1. The van der Waals surface area contributed by atoms with Gasteiger partial charge >= 0.3 is 6.18 Å². The Morgan fingerprint density at radius 1 is 1.11 bits per heavy atom. The number of anilines is 1. The molecule has 0 fully saturated rings. The summed E-state index contributed by atoms with van der Waals surface area (Å²) in [4.78, 5) is 26.3. The van der Waals surface area contributed by atoms with Crippen molar-refractivity contribution in [2.24, 2.45) is 0 Å². The van der Waals surface area contributed by atoms with Crippen molar-refractivity contribution in [3.63, 3.8) is 0 Å². The zero-order valence-electron chi connectivity index (χ0n) is 18.8. The third kappa shape index (κ3) is 5.36. The molecule has 0 saturated carbocycles. The van der Waals surface area contributed by atoms with Gasteiger partial charge in [0.05, 0.1) is 46.8 Å². The number of halogens is 4. The van der Waals surface area contributed by atoms with Gasteiger partial charge in [0.25, 0.3) is 11.8 Å². The van der Waals surface area contributed by atoms with Crippen LogP contribution in [0.5, 0.6) is 0 Å². The number of carbonyl (C=O) groups is 2. The molecular formula is C25H23ClF3N3O3. The van der Waals surface area contributed by atoms with E-state index in [0.717, 1.165) is 23.8 Å². The maximum absolute atomic E-state index is 13.2. The van der Waals surface area contributed by atoms with E-state index in [2.05, 4.69) is 10.6 Å². The number of alkyl halides is 3. The molecule has 2 aromatic carbocycles. The lowest BCUT2D eigenvalue weighted by Crippen LogP contribution is -2.31. The Bertz CT molecular complexity index is 1240. The van der Waals surface area contributed by atoms with Gasteiger partial charge < -0.3 is 19.9 Å². The third-order valence-corrected chi connectivity index (χ3v) is 6.17. The molecule has 35 heavy (non-hydrogen) atoms. The van der Waals surface area contributed by atoms with Gasteiger partial charge in [-0.2, -0.15) is 13.2 Å². The van der Waals surface area contributed by atoms with Gasteiger partial charge in [-0.15, -0.1) is 0 Å². The molecule has 0 spiro atoms. The number of fused-ring (bicyclic) bond motifs is 1. The molecule has 1 aromatic heterocycles. The van der Waals surface area contributed by atoms with E-state index >= 15 is 0 Å². The van der Waals surface area contributed by atoms with E-state index in [-0.39, 0.29) is 40.5 Å². The largest absolute Gasteiger partial charge is 0.416 e. The van der Waals surface area contributed by atoms with Crippen LogP contribution in [0.3, 0.4) is 0 Å². The van der Waals surface area contributed by atoms with E-state index in [0.29, 0.717) is 25.3 Å². The van der Waals surface area contributed by atoms with Crippen molar-refractivity contribution in [1.29, 1.82) is 0 Å². The Labute approximate surface area is 205 Å². The number of nitrogens with one attached hydrogen (secondary N) is 2. The summed E-state index contributed by atoms with van der Waals surface area (Å²) in [6, 6.07) is 13.4. The number of nitrogens with zero attached hydrogens (tertiary/aromatic N) is 1. The van der Waals surface area contributed by atoms with E-state index in [1.54, 1.807) is 4.57 Å². The van der Waals surface area contributed by atoms with Crippen LogP contribution >= 0.6 is 11.6 Å². The summed E-state index contributed by atoms with van der Waals surface area (Å²) in [6.07, 6.45) is -3.93. The molecule has 0 saturated heterocycles. The molecule has 0 radical (unpaired) electrons. The van der Waals surface area contributed by atoms with Crippen LogP contribution in [0, 0.1) is 0 Å². The number of rotatable bonds is 6. The van der Waals surface area contributed by atoms with E-state index in [1.165, 1.54) is 6.07 Å². The summed E-state index contributed by atoms with van der Waals surface area (Å²) < 4.78 is 46.5. The van der Waals surface area contributed by atoms with Crippen LogP contribution < -0.4 is 10.6 Å². The zero-order chi connectivity index (χ0) is 25.2. The molecule has 6 nitrogen and oxygen atoms in total. The third-order valence-electron chi connectivity index (χ3n) is 5.84. The minimum atomic E-state index is -4.59. The number of aromatic nitrogens is 1. The lowest BCUT2D eigenvalue weighted by atomic mass is 10.0. The summed E-state index contributed by atoms with van der Waals surface area (Å²) in [5.74, 6) is -1.05. The minimum Gasteiger partial charge on any atom is -0.373 e. The SMILES string of the molecule is CC[C@@H](NC(=O)c1cc(C(=O)Nc2cc(C(F)(F)F)ccc2Cl)c2n1CCOC2)c1ccccc1. The Morgan fingerprint density at radius 3 is 2.54 bits per heavy atom. The van der Waals surface area contributed by atoms with Gasteiger partial charge in [0, 0.05) is 6.54 Å². The van der Waals surface area contributed by atoms with Crippen molar-refractivity contribution in [2.45, 2.75) is 38.7 Å². The van der Waals surface area contributed by atoms with Crippen LogP contribution in [0.15, 0.2) is 54.6 Å². The van der Waals surface area contributed by atoms with Gasteiger partial charge in [0.1, 0.15) is 5.69 Å². The highest BCUT2D eigenvalue weighted by atomic mass is 35.5. The van der Waals surface area contributed by atoms with Crippen molar-refractivity contribution in [3.05, 3.63) is 87.7 Å². The van der Waals surface area contributed by atoms with Gasteiger partial charge in [0.2, 0.25) is 0 Å². The Morgan fingerprint density at radius 2 is 1.86 bits per heavy atom. The number of benzene rings is 2. The number of hydrogen-bond acceptors (Lipinski definition) is 3. The minimum absolute atomic E-state index is 0.0395. The molecular weight excluding hydrogens is 483 g/mol. The average molecular weight is 506 g/mol. The van der Waals surface area contributed by atoms with Gasteiger partial charge in [-0.3, -0.25) is 9.59 Å². The van der Waals surface area contributed by atoms with Crippen LogP contribution in [0.2, 0.25) is 5.02 Å². The smallest absolute Gasteiger partial charge is 0.373 e. The fourth-order valence-electron chi connectivity index (χ4n) is 4.03. The zero-order valence-corrected chi connectivity index (χ0v) is 19.5. The van der Waals surface area contributed by atoms with Crippen molar-refractivity contribution in [3.8, 4) is 0 Å². The first kappa shape index (κ1) is 24.8. The topological polar surface area (TPSA) is 72.4 Å². The second-order valence-electron chi connectivity index (χ2n) is 8.09. The number of ether oxygens (including phenoxy) is 1. The van der Waals surface area contributed by atoms with Crippen LogP contribution in [-0.4, -0.2) is 23.0 Å². The van der Waals surface area contributed by atoms with Crippen molar-refractivity contribution in [1.82, 2.24) is 9.88 Å². The molecule has 1 aliphatic heterocycles. The maximum atomic E-state index is 13.2. The molecule has 2 heterocycles. The number of hydrogen-bond donors (Lipinski definition) is 2. The van der Waals surface area contributed by atoms with E-state index < -0.39 is 17.6 Å².